The second-order valence-electron chi connectivity index (χ2n) is 5.18. The average Bonchev–Trinajstić information content (AvgIpc) is 2.97. The minimum Gasteiger partial charge on any atom is -0.497 e. The first-order chi connectivity index (χ1) is 11.6. The van der Waals surface area contributed by atoms with Gasteiger partial charge in [0.1, 0.15) is 11.4 Å². The van der Waals surface area contributed by atoms with Crippen molar-refractivity contribution in [1.82, 2.24) is 14.8 Å². The lowest BCUT2D eigenvalue weighted by atomic mass is 10.2. The number of rotatable bonds is 5. The van der Waals surface area contributed by atoms with Crippen LogP contribution in [0, 0.1) is 0 Å². The fourth-order valence-electron chi connectivity index (χ4n) is 2.48. The number of nitrogens with zero attached hydrogens (tertiary/aromatic N) is 2. The molecular weight excluding hydrogens is 310 g/mol. The zero-order valence-electron chi connectivity index (χ0n) is 13.4. The maximum Gasteiger partial charge on any atom is 0.339 e. The van der Waals surface area contributed by atoms with Crippen molar-refractivity contribution in [2.24, 2.45) is 0 Å². The number of hydrogen-bond donors (Lipinski definition) is 1. The summed E-state index contributed by atoms with van der Waals surface area (Å²) in [6.07, 6.45) is 1.56. The minimum absolute atomic E-state index is 0.219. The Kier molecular flexibility index (Phi) is 4.33. The number of fused-ring (bicyclic) bond motifs is 1. The number of aromatic amines is 1. The highest BCUT2D eigenvalue weighted by molar-refractivity contribution is 6.02. The largest absolute Gasteiger partial charge is 0.497 e. The lowest BCUT2D eigenvalue weighted by molar-refractivity contribution is 0.0528. The summed E-state index contributed by atoms with van der Waals surface area (Å²) in [5.41, 5.74) is 1.32. The van der Waals surface area contributed by atoms with Gasteiger partial charge in [-0.25, -0.2) is 9.48 Å². The average molecular weight is 327 g/mol. The van der Waals surface area contributed by atoms with Crippen LogP contribution in [0.4, 0.5) is 0 Å². The highest BCUT2D eigenvalue weighted by Gasteiger charge is 2.16. The third-order valence-corrected chi connectivity index (χ3v) is 3.63. The third-order valence-electron chi connectivity index (χ3n) is 3.63. The molecule has 2 heterocycles. The Morgan fingerprint density at radius 3 is 2.71 bits per heavy atom. The molecule has 0 radical (unpaired) electrons. The number of pyridine rings is 1. The van der Waals surface area contributed by atoms with E-state index in [0.717, 1.165) is 11.3 Å². The van der Waals surface area contributed by atoms with Crippen LogP contribution in [0.1, 0.15) is 22.8 Å². The first kappa shape index (κ1) is 15.8. The van der Waals surface area contributed by atoms with E-state index in [1.165, 1.54) is 6.07 Å². The van der Waals surface area contributed by atoms with E-state index < -0.39 is 5.97 Å². The Labute approximate surface area is 137 Å². The van der Waals surface area contributed by atoms with E-state index in [0.29, 0.717) is 17.6 Å². The summed E-state index contributed by atoms with van der Waals surface area (Å²) < 4.78 is 11.8. The van der Waals surface area contributed by atoms with Gasteiger partial charge in [0, 0.05) is 6.07 Å². The summed E-state index contributed by atoms with van der Waals surface area (Å²) in [7, 11) is 1.61. The van der Waals surface area contributed by atoms with E-state index in [-0.39, 0.29) is 17.7 Å². The second-order valence-corrected chi connectivity index (χ2v) is 5.18. The van der Waals surface area contributed by atoms with Gasteiger partial charge in [0.05, 0.1) is 37.4 Å². The topological polar surface area (TPSA) is 86.2 Å². The van der Waals surface area contributed by atoms with E-state index in [4.69, 9.17) is 9.47 Å². The van der Waals surface area contributed by atoms with Gasteiger partial charge < -0.3 is 14.5 Å². The molecule has 0 fully saturated rings. The molecule has 1 N–H and O–H groups in total. The zero-order chi connectivity index (χ0) is 17.1. The van der Waals surface area contributed by atoms with Crippen molar-refractivity contribution in [2.45, 2.75) is 13.5 Å². The number of esters is 1. The summed E-state index contributed by atoms with van der Waals surface area (Å²) in [4.78, 5) is 26.6. The first-order valence-electron chi connectivity index (χ1n) is 7.51. The zero-order valence-corrected chi connectivity index (χ0v) is 13.4. The highest BCUT2D eigenvalue weighted by atomic mass is 16.5. The van der Waals surface area contributed by atoms with Crippen molar-refractivity contribution < 1.29 is 14.3 Å². The van der Waals surface area contributed by atoms with Crippen molar-refractivity contribution in [3.05, 3.63) is 58.0 Å². The van der Waals surface area contributed by atoms with Gasteiger partial charge in [-0.2, -0.15) is 5.10 Å². The monoisotopic (exact) mass is 327 g/mol. The Morgan fingerprint density at radius 1 is 1.29 bits per heavy atom. The SMILES string of the molecule is CCOC(=O)c1cc(=O)[nH]c2c1cnn2Cc1ccc(OC)cc1. The number of benzene rings is 1. The molecule has 124 valence electrons. The number of H-pyrrole nitrogens is 1. The van der Waals surface area contributed by atoms with Crippen LogP contribution in [0.2, 0.25) is 0 Å². The molecule has 0 aliphatic rings. The molecule has 1 aromatic carbocycles. The van der Waals surface area contributed by atoms with Gasteiger partial charge in [-0.3, -0.25) is 4.79 Å². The van der Waals surface area contributed by atoms with Gasteiger partial charge in [0.15, 0.2) is 0 Å². The summed E-state index contributed by atoms with van der Waals surface area (Å²) in [6, 6.07) is 8.78. The number of nitrogens with one attached hydrogen (secondary N) is 1. The van der Waals surface area contributed by atoms with Crippen LogP contribution >= 0.6 is 0 Å². The number of ether oxygens (including phenoxy) is 2. The fraction of sp³-hybridized carbons (Fsp3) is 0.235. The third kappa shape index (κ3) is 3.01. The number of carbonyl (C=O) groups is 1. The van der Waals surface area contributed by atoms with Gasteiger partial charge in [0.2, 0.25) is 5.56 Å². The lowest BCUT2D eigenvalue weighted by Crippen LogP contribution is -2.14. The summed E-state index contributed by atoms with van der Waals surface area (Å²) >= 11 is 0. The maximum atomic E-state index is 12.0. The molecule has 3 aromatic rings. The van der Waals surface area contributed by atoms with E-state index in [1.807, 2.05) is 24.3 Å². The molecule has 24 heavy (non-hydrogen) atoms. The van der Waals surface area contributed by atoms with Crippen molar-refractivity contribution >= 4 is 17.0 Å². The van der Waals surface area contributed by atoms with Crippen molar-refractivity contribution in [2.75, 3.05) is 13.7 Å². The van der Waals surface area contributed by atoms with Gasteiger partial charge >= 0.3 is 5.97 Å². The molecule has 7 heteroatoms. The molecular formula is C17H17N3O4. The Morgan fingerprint density at radius 2 is 2.04 bits per heavy atom. The van der Waals surface area contributed by atoms with E-state index >= 15 is 0 Å². The Balaban J connectivity index is 2.00. The van der Waals surface area contributed by atoms with Gasteiger partial charge in [-0.05, 0) is 24.6 Å². The second kappa shape index (κ2) is 6.57. The normalized spacial score (nSPS) is 10.8. The fourth-order valence-corrected chi connectivity index (χ4v) is 2.48. The molecule has 0 amide bonds. The van der Waals surface area contributed by atoms with Gasteiger partial charge in [-0.15, -0.1) is 0 Å². The quantitative estimate of drug-likeness (QED) is 0.724. The molecule has 0 saturated heterocycles. The van der Waals surface area contributed by atoms with E-state index in [2.05, 4.69) is 10.1 Å². The predicted octanol–water partition coefficient (Wildman–Crippen LogP) is 1.96. The summed E-state index contributed by atoms with van der Waals surface area (Å²) in [6.45, 7) is 2.41. The van der Waals surface area contributed by atoms with Crippen LogP contribution in [-0.2, 0) is 11.3 Å². The summed E-state index contributed by atoms with van der Waals surface area (Å²) in [5, 5.41) is 4.84. The molecule has 2 aromatic heterocycles. The highest BCUT2D eigenvalue weighted by Crippen LogP contribution is 2.18. The number of aromatic nitrogens is 3. The number of methoxy groups -OCH3 is 1. The molecule has 0 atom stereocenters. The van der Waals surface area contributed by atoms with Crippen LogP contribution in [0.25, 0.3) is 11.0 Å². The first-order valence-corrected chi connectivity index (χ1v) is 7.51. The molecule has 0 spiro atoms. The smallest absolute Gasteiger partial charge is 0.339 e. The van der Waals surface area contributed by atoms with Gasteiger partial charge in [0.25, 0.3) is 0 Å². The minimum atomic E-state index is -0.530. The van der Waals surface area contributed by atoms with Gasteiger partial charge in [-0.1, -0.05) is 12.1 Å². The van der Waals surface area contributed by atoms with Crippen molar-refractivity contribution in [3.63, 3.8) is 0 Å². The van der Waals surface area contributed by atoms with Crippen LogP contribution in [0.5, 0.6) is 5.75 Å². The molecule has 0 bridgehead atoms. The van der Waals surface area contributed by atoms with Crippen LogP contribution in [0.3, 0.4) is 0 Å². The molecule has 3 rings (SSSR count). The molecule has 0 aliphatic heterocycles. The molecule has 0 aliphatic carbocycles. The predicted molar refractivity (Wildman–Crippen MR) is 88.4 cm³/mol. The van der Waals surface area contributed by atoms with E-state index in [1.54, 1.807) is 24.9 Å². The lowest BCUT2D eigenvalue weighted by Gasteiger charge is -2.06. The van der Waals surface area contributed by atoms with Crippen molar-refractivity contribution in [3.8, 4) is 5.75 Å². The standard InChI is InChI=1S/C17H17N3O4/c1-3-24-17(22)13-8-15(21)19-16-14(13)9-18-20(16)10-11-4-6-12(23-2)7-5-11/h4-9H,3,10H2,1-2H3,(H,19,21). The van der Waals surface area contributed by atoms with E-state index in [9.17, 15) is 9.59 Å². The van der Waals surface area contributed by atoms with Crippen molar-refractivity contribution in [1.29, 1.82) is 0 Å². The molecule has 7 nitrogen and oxygen atoms in total. The summed E-state index contributed by atoms with van der Waals surface area (Å²) in [5.74, 6) is 0.236. The number of hydrogen-bond acceptors (Lipinski definition) is 5. The molecule has 0 saturated carbocycles. The molecule has 0 unspecified atom stereocenters. The Hall–Kier alpha value is -3.09. The van der Waals surface area contributed by atoms with Crippen LogP contribution in [0.15, 0.2) is 41.3 Å². The van der Waals surface area contributed by atoms with Crippen LogP contribution in [-0.4, -0.2) is 34.5 Å². The maximum absolute atomic E-state index is 12.0. The number of carbonyl (C=O) groups excluding carboxylic acids is 1. The van der Waals surface area contributed by atoms with Crippen LogP contribution < -0.4 is 10.3 Å². The Bertz CT molecular complexity index is 925.